The highest BCUT2D eigenvalue weighted by molar-refractivity contribution is 6.07. The molecule has 2 heterocycles. The maximum atomic E-state index is 15.8. The highest BCUT2D eigenvalue weighted by Gasteiger charge is 2.37. The number of esters is 1. The summed E-state index contributed by atoms with van der Waals surface area (Å²) in [4.78, 5) is 38.8. The molecule has 3 N–H and O–H groups in total. The Kier molecular flexibility index (Phi) is 5.42. The Balaban J connectivity index is 2.11. The molecule has 1 saturated heterocycles. The molecule has 1 aromatic carbocycles. The Morgan fingerprint density at radius 1 is 1.26 bits per heavy atom. The first-order valence-corrected chi connectivity index (χ1v) is 10.2. The molecule has 2 aromatic rings. The maximum absolute atomic E-state index is 15.8. The number of anilines is 1. The number of hydrogen-bond donors (Lipinski definition) is 2. The van der Waals surface area contributed by atoms with E-state index in [-0.39, 0.29) is 24.1 Å². The molecule has 166 valence electrons. The topological polar surface area (TPSA) is 115 Å². The summed E-state index contributed by atoms with van der Waals surface area (Å²) in [6.07, 6.45) is 3.01. The summed E-state index contributed by atoms with van der Waals surface area (Å²) in [6, 6.07) is -0.237. The van der Waals surface area contributed by atoms with Crippen LogP contribution < -0.4 is 16.1 Å². The molecule has 0 bridgehead atoms. The number of ether oxygens (including phenoxy) is 1. The molecule has 1 saturated carbocycles. The van der Waals surface area contributed by atoms with Gasteiger partial charge in [0, 0.05) is 25.3 Å². The van der Waals surface area contributed by atoms with Crippen LogP contribution in [0.3, 0.4) is 0 Å². The number of fused-ring (bicyclic) bond motifs is 1. The number of hydrogen-bond acceptors (Lipinski definition) is 6. The van der Waals surface area contributed by atoms with E-state index in [0.717, 1.165) is 6.20 Å². The molecule has 1 aliphatic heterocycles. The second kappa shape index (κ2) is 7.92. The number of carbonyl (C=O) groups is 2. The van der Waals surface area contributed by atoms with Gasteiger partial charge in [-0.25, -0.2) is 18.4 Å². The number of carboxylic acid groups (broad SMARTS) is 1. The van der Waals surface area contributed by atoms with Gasteiger partial charge in [-0.3, -0.25) is 4.79 Å². The van der Waals surface area contributed by atoms with Crippen LogP contribution in [0.2, 0.25) is 0 Å². The Hall–Kier alpha value is -3.01. The molecule has 1 atom stereocenters. The lowest BCUT2D eigenvalue weighted by atomic mass is 10.0. The lowest BCUT2D eigenvalue weighted by molar-refractivity contribution is 0.0522. The summed E-state index contributed by atoms with van der Waals surface area (Å²) < 4.78 is 37.8. The minimum atomic E-state index is -1.54. The van der Waals surface area contributed by atoms with Crippen LogP contribution in [-0.2, 0) is 4.74 Å². The fraction of sp³-hybridized carbons (Fsp3) is 0.476. The molecule has 0 spiro atoms. The SMILES string of the molecule is CCOC(=O)c1c(F)c(N2CCC(CN)C2)c(F)c2c1c(=O)c(C(=O)O)cn2C1CC1. The van der Waals surface area contributed by atoms with Crippen LogP contribution >= 0.6 is 0 Å². The molecule has 1 aliphatic carbocycles. The van der Waals surface area contributed by atoms with Crippen molar-refractivity contribution in [1.82, 2.24) is 4.57 Å². The molecule has 31 heavy (non-hydrogen) atoms. The van der Waals surface area contributed by atoms with E-state index in [1.807, 2.05) is 0 Å². The van der Waals surface area contributed by atoms with E-state index in [0.29, 0.717) is 38.9 Å². The second-order valence-corrected chi connectivity index (χ2v) is 7.95. The zero-order chi connectivity index (χ0) is 22.4. The number of benzene rings is 1. The number of aromatic carboxylic acids is 1. The van der Waals surface area contributed by atoms with Gasteiger partial charge in [-0.05, 0) is 38.6 Å². The van der Waals surface area contributed by atoms with Crippen molar-refractivity contribution in [3.63, 3.8) is 0 Å². The zero-order valence-electron chi connectivity index (χ0n) is 17.0. The van der Waals surface area contributed by atoms with Crippen molar-refractivity contribution in [2.45, 2.75) is 32.2 Å². The summed E-state index contributed by atoms with van der Waals surface area (Å²) in [6.45, 7) is 2.41. The predicted octanol–water partition coefficient (Wildman–Crippen LogP) is 2.27. The first-order valence-electron chi connectivity index (χ1n) is 10.2. The smallest absolute Gasteiger partial charge is 0.342 e. The average molecular weight is 435 g/mol. The summed E-state index contributed by atoms with van der Waals surface area (Å²) >= 11 is 0. The van der Waals surface area contributed by atoms with Gasteiger partial charge in [0.1, 0.15) is 16.8 Å². The molecule has 10 heteroatoms. The van der Waals surface area contributed by atoms with Crippen molar-refractivity contribution in [2.24, 2.45) is 11.7 Å². The Morgan fingerprint density at radius 3 is 2.52 bits per heavy atom. The van der Waals surface area contributed by atoms with Gasteiger partial charge in [-0.1, -0.05) is 0 Å². The van der Waals surface area contributed by atoms with Crippen LogP contribution in [0.25, 0.3) is 10.9 Å². The van der Waals surface area contributed by atoms with Gasteiger partial charge in [0.05, 0.1) is 17.5 Å². The van der Waals surface area contributed by atoms with Crippen molar-refractivity contribution in [2.75, 3.05) is 31.1 Å². The highest BCUT2D eigenvalue weighted by Crippen LogP contribution is 2.41. The number of nitrogens with two attached hydrogens (primary N) is 1. The Bertz CT molecular complexity index is 1140. The molecular formula is C21H23F2N3O5. The lowest BCUT2D eigenvalue weighted by Gasteiger charge is -2.24. The summed E-state index contributed by atoms with van der Waals surface area (Å²) in [5, 5.41) is 8.87. The third-order valence-electron chi connectivity index (χ3n) is 5.91. The molecule has 1 aromatic heterocycles. The van der Waals surface area contributed by atoms with Crippen LogP contribution in [0.4, 0.5) is 14.5 Å². The van der Waals surface area contributed by atoms with Crippen molar-refractivity contribution < 1.29 is 28.2 Å². The molecule has 2 aliphatic rings. The molecular weight excluding hydrogens is 412 g/mol. The number of rotatable bonds is 6. The zero-order valence-corrected chi connectivity index (χ0v) is 17.0. The fourth-order valence-corrected chi connectivity index (χ4v) is 4.22. The highest BCUT2D eigenvalue weighted by atomic mass is 19.1. The number of carbonyl (C=O) groups excluding carboxylic acids is 1. The summed E-state index contributed by atoms with van der Waals surface area (Å²) in [7, 11) is 0. The van der Waals surface area contributed by atoms with E-state index in [4.69, 9.17) is 10.5 Å². The number of pyridine rings is 1. The largest absolute Gasteiger partial charge is 0.477 e. The minimum absolute atomic E-state index is 0.0422. The normalized spacial score (nSPS) is 18.6. The molecule has 1 unspecified atom stereocenters. The van der Waals surface area contributed by atoms with Gasteiger partial charge in [0.2, 0.25) is 5.43 Å². The van der Waals surface area contributed by atoms with Gasteiger partial charge >= 0.3 is 11.9 Å². The van der Waals surface area contributed by atoms with E-state index >= 15 is 8.78 Å². The van der Waals surface area contributed by atoms with Crippen LogP contribution in [0.1, 0.15) is 52.9 Å². The Labute approximate surface area is 176 Å². The predicted molar refractivity (Wildman–Crippen MR) is 109 cm³/mol. The second-order valence-electron chi connectivity index (χ2n) is 7.95. The number of halogens is 2. The molecule has 4 rings (SSSR count). The molecule has 8 nitrogen and oxygen atoms in total. The fourth-order valence-electron chi connectivity index (χ4n) is 4.22. The maximum Gasteiger partial charge on any atom is 0.342 e. The van der Waals surface area contributed by atoms with Crippen LogP contribution in [0.5, 0.6) is 0 Å². The van der Waals surface area contributed by atoms with Crippen molar-refractivity contribution in [3.05, 3.63) is 39.2 Å². The van der Waals surface area contributed by atoms with Crippen molar-refractivity contribution in [1.29, 1.82) is 0 Å². The lowest BCUT2D eigenvalue weighted by Crippen LogP contribution is -2.28. The van der Waals surface area contributed by atoms with Gasteiger partial charge in [0.25, 0.3) is 0 Å². The van der Waals surface area contributed by atoms with E-state index in [9.17, 15) is 19.5 Å². The van der Waals surface area contributed by atoms with Crippen molar-refractivity contribution in [3.8, 4) is 0 Å². The third kappa shape index (κ3) is 3.44. The van der Waals surface area contributed by atoms with Crippen LogP contribution in [0, 0.1) is 17.6 Å². The van der Waals surface area contributed by atoms with E-state index in [1.54, 1.807) is 0 Å². The first kappa shape index (κ1) is 21.2. The number of carboxylic acids is 1. The van der Waals surface area contributed by atoms with Crippen LogP contribution in [-0.4, -0.2) is 47.9 Å². The minimum Gasteiger partial charge on any atom is -0.477 e. The van der Waals surface area contributed by atoms with E-state index in [1.165, 1.54) is 16.4 Å². The van der Waals surface area contributed by atoms with E-state index in [2.05, 4.69) is 0 Å². The van der Waals surface area contributed by atoms with Gasteiger partial charge in [-0.15, -0.1) is 0 Å². The first-order chi connectivity index (χ1) is 14.8. The van der Waals surface area contributed by atoms with Gasteiger partial charge in [0.15, 0.2) is 11.6 Å². The number of aromatic nitrogens is 1. The monoisotopic (exact) mass is 435 g/mol. The third-order valence-corrected chi connectivity index (χ3v) is 5.91. The average Bonchev–Trinajstić information content (AvgIpc) is 3.46. The standard InChI is InChI=1S/C21H23F2N3O5/c1-2-31-21(30)13-14-17(26(11-3-4-11)9-12(19(14)27)20(28)29)16(23)18(15(13)22)25-6-5-10(7-24)8-25/h9-11H,2-8,24H2,1H3,(H,28,29). The van der Waals surface area contributed by atoms with Crippen LogP contribution in [0.15, 0.2) is 11.0 Å². The van der Waals surface area contributed by atoms with E-state index < -0.39 is 51.2 Å². The quantitative estimate of drug-likeness (QED) is 0.669. The molecule has 0 amide bonds. The van der Waals surface area contributed by atoms with Gasteiger partial charge < -0.3 is 25.0 Å². The van der Waals surface area contributed by atoms with Crippen molar-refractivity contribution >= 4 is 28.5 Å². The summed E-state index contributed by atoms with van der Waals surface area (Å²) in [5.74, 6) is -4.84. The molecule has 2 fully saturated rings. The van der Waals surface area contributed by atoms with Gasteiger partial charge in [-0.2, -0.15) is 0 Å². The number of nitrogens with zero attached hydrogens (tertiary/aromatic N) is 2. The summed E-state index contributed by atoms with van der Waals surface area (Å²) in [5.41, 5.74) is 2.52. The molecule has 0 radical (unpaired) electrons. The Morgan fingerprint density at radius 2 is 1.97 bits per heavy atom.